The van der Waals surface area contributed by atoms with Gasteiger partial charge in [-0.05, 0) is 30.4 Å². The van der Waals surface area contributed by atoms with Crippen molar-refractivity contribution in [3.63, 3.8) is 0 Å². The average molecular weight is 416 g/mol. The van der Waals surface area contributed by atoms with Crippen LogP contribution in [0.5, 0.6) is 0 Å². The summed E-state index contributed by atoms with van der Waals surface area (Å²) >= 11 is 0. The highest BCUT2D eigenvalue weighted by Gasteiger charge is 2.48. The van der Waals surface area contributed by atoms with E-state index in [2.05, 4.69) is 0 Å². The zero-order valence-electron chi connectivity index (χ0n) is 17.7. The van der Waals surface area contributed by atoms with Gasteiger partial charge < -0.3 is 15.2 Å². The number of hydrogen-bond acceptors (Lipinski definition) is 6. The Kier molecular flexibility index (Phi) is 6.83. The van der Waals surface area contributed by atoms with E-state index in [9.17, 15) is 14.0 Å². The number of ether oxygens (including phenoxy) is 2. The minimum absolute atomic E-state index is 0.0398. The molecule has 3 rings (SSSR count). The maximum atomic E-state index is 14.9. The maximum Gasteiger partial charge on any atom is 0.336 e. The lowest BCUT2D eigenvalue weighted by molar-refractivity contribution is -0.139. The molecule has 0 radical (unpaired) electrons. The Labute approximate surface area is 176 Å². The van der Waals surface area contributed by atoms with Crippen LogP contribution in [0.15, 0.2) is 40.5 Å². The molecule has 0 amide bonds. The van der Waals surface area contributed by atoms with Crippen LogP contribution in [0.2, 0.25) is 0 Å². The number of halogens is 1. The average Bonchev–Trinajstić information content (AvgIpc) is 2.66. The van der Waals surface area contributed by atoms with E-state index in [0.717, 1.165) is 0 Å². The van der Waals surface area contributed by atoms with Gasteiger partial charge in [-0.3, -0.25) is 9.79 Å². The van der Waals surface area contributed by atoms with Crippen LogP contribution in [0, 0.1) is 17.2 Å². The minimum Gasteiger partial charge on any atom is -0.463 e. The molecule has 1 aromatic carbocycles. The zero-order chi connectivity index (χ0) is 21.9. The SMILES string of the molecule is CCOC(=O)C1=C(COCCN)N=C2CC(C)(C)CC(=O)C2C1c1ccccc1F. The first-order valence-corrected chi connectivity index (χ1v) is 10.3. The molecule has 2 unspecified atom stereocenters. The van der Waals surface area contributed by atoms with Crippen molar-refractivity contribution >= 4 is 17.5 Å². The number of hydrogen-bond donors (Lipinski definition) is 1. The second-order valence-electron chi connectivity index (χ2n) is 8.49. The summed E-state index contributed by atoms with van der Waals surface area (Å²) in [5.74, 6) is -2.59. The molecule has 2 N–H and O–H groups in total. The monoisotopic (exact) mass is 416 g/mol. The van der Waals surface area contributed by atoms with Crippen LogP contribution < -0.4 is 5.73 Å². The van der Waals surface area contributed by atoms with Gasteiger partial charge >= 0.3 is 5.97 Å². The molecule has 7 heteroatoms. The van der Waals surface area contributed by atoms with Crippen molar-refractivity contribution in [3.05, 3.63) is 46.9 Å². The fourth-order valence-corrected chi connectivity index (χ4v) is 4.38. The van der Waals surface area contributed by atoms with E-state index in [1.54, 1.807) is 25.1 Å². The second-order valence-corrected chi connectivity index (χ2v) is 8.49. The molecule has 1 fully saturated rings. The van der Waals surface area contributed by atoms with Gasteiger partial charge in [-0.1, -0.05) is 32.0 Å². The predicted molar refractivity (Wildman–Crippen MR) is 112 cm³/mol. The van der Waals surface area contributed by atoms with Crippen LogP contribution in [-0.4, -0.2) is 43.8 Å². The number of ketones is 1. The maximum absolute atomic E-state index is 14.9. The van der Waals surface area contributed by atoms with Gasteiger partial charge in [0, 0.05) is 24.6 Å². The van der Waals surface area contributed by atoms with Gasteiger partial charge in [0.15, 0.2) is 0 Å². The Morgan fingerprint density at radius 3 is 2.67 bits per heavy atom. The minimum atomic E-state index is -0.794. The van der Waals surface area contributed by atoms with Gasteiger partial charge in [-0.15, -0.1) is 0 Å². The highest BCUT2D eigenvalue weighted by atomic mass is 19.1. The Hall–Kier alpha value is -2.38. The van der Waals surface area contributed by atoms with Crippen molar-refractivity contribution in [2.45, 2.75) is 39.5 Å². The molecular weight excluding hydrogens is 387 g/mol. The van der Waals surface area contributed by atoms with Gasteiger partial charge in [0.25, 0.3) is 0 Å². The molecular formula is C23H29FN2O4. The van der Waals surface area contributed by atoms with Crippen molar-refractivity contribution in [2.75, 3.05) is 26.4 Å². The number of fused-ring (bicyclic) bond motifs is 1. The van der Waals surface area contributed by atoms with E-state index in [0.29, 0.717) is 43.0 Å². The van der Waals surface area contributed by atoms with Crippen LogP contribution in [0.3, 0.4) is 0 Å². The topological polar surface area (TPSA) is 91.0 Å². The number of benzene rings is 1. The van der Waals surface area contributed by atoms with Crippen molar-refractivity contribution in [1.82, 2.24) is 0 Å². The third kappa shape index (κ3) is 4.52. The molecule has 1 saturated carbocycles. The first-order valence-electron chi connectivity index (χ1n) is 10.3. The number of Topliss-reactive ketones (excluding diaryl/α,β-unsaturated/α-hetero) is 1. The van der Waals surface area contributed by atoms with Crippen molar-refractivity contribution in [1.29, 1.82) is 0 Å². The number of nitrogens with two attached hydrogens (primary N) is 1. The van der Waals surface area contributed by atoms with Crippen LogP contribution in [0.25, 0.3) is 0 Å². The molecule has 1 aliphatic carbocycles. The molecule has 6 nitrogen and oxygen atoms in total. The summed E-state index contributed by atoms with van der Waals surface area (Å²) in [4.78, 5) is 30.9. The van der Waals surface area contributed by atoms with Gasteiger partial charge in [-0.25, -0.2) is 9.18 Å². The van der Waals surface area contributed by atoms with Crippen LogP contribution >= 0.6 is 0 Å². The largest absolute Gasteiger partial charge is 0.463 e. The standard InChI is InChI=1S/C23H29FN2O4/c1-4-30-22(28)21-17(13-29-10-9-25)26-16-11-23(2,3)12-18(27)20(16)19(21)14-7-5-6-8-15(14)24/h5-8,19-20H,4,9-13,25H2,1-3H3. The van der Waals surface area contributed by atoms with Gasteiger partial charge in [0.1, 0.15) is 11.6 Å². The fourth-order valence-electron chi connectivity index (χ4n) is 4.38. The van der Waals surface area contributed by atoms with E-state index in [-0.39, 0.29) is 30.0 Å². The lowest BCUT2D eigenvalue weighted by atomic mass is 9.63. The predicted octanol–water partition coefficient (Wildman–Crippen LogP) is 3.16. The lowest BCUT2D eigenvalue weighted by Gasteiger charge is -2.41. The van der Waals surface area contributed by atoms with Crippen LogP contribution in [0.4, 0.5) is 4.39 Å². The number of carbonyl (C=O) groups is 2. The molecule has 0 aromatic heterocycles. The summed E-state index contributed by atoms with van der Waals surface area (Å²) in [6.07, 6.45) is 0.932. The van der Waals surface area contributed by atoms with Crippen molar-refractivity contribution < 1.29 is 23.5 Å². The van der Waals surface area contributed by atoms with Gasteiger partial charge in [0.2, 0.25) is 0 Å². The van der Waals surface area contributed by atoms with Crippen LogP contribution in [0.1, 0.15) is 45.1 Å². The number of nitrogens with zero attached hydrogens (tertiary/aromatic N) is 1. The van der Waals surface area contributed by atoms with E-state index in [4.69, 9.17) is 20.2 Å². The quantitative estimate of drug-likeness (QED) is 0.545. The summed E-state index contributed by atoms with van der Waals surface area (Å²) in [5.41, 5.74) is 6.81. The highest BCUT2D eigenvalue weighted by Crippen LogP contribution is 2.47. The van der Waals surface area contributed by atoms with Gasteiger partial charge in [-0.2, -0.15) is 0 Å². The molecule has 2 atom stereocenters. The third-order valence-corrected chi connectivity index (χ3v) is 5.49. The molecule has 162 valence electrons. The first-order chi connectivity index (χ1) is 14.3. The van der Waals surface area contributed by atoms with E-state index in [1.807, 2.05) is 13.8 Å². The zero-order valence-corrected chi connectivity index (χ0v) is 17.7. The summed E-state index contributed by atoms with van der Waals surface area (Å²) < 4.78 is 25.8. The molecule has 1 heterocycles. The summed E-state index contributed by atoms with van der Waals surface area (Å²) in [7, 11) is 0. The third-order valence-electron chi connectivity index (χ3n) is 5.49. The van der Waals surface area contributed by atoms with Crippen LogP contribution in [-0.2, 0) is 19.1 Å². The Bertz CT molecular complexity index is 891. The number of rotatable bonds is 7. The molecule has 0 saturated heterocycles. The Morgan fingerprint density at radius 2 is 2.00 bits per heavy atom. The van der Waals surface area contributed by atoms with E-state index < -0.39 is 23.6 Å². The molecule has 30 heavy (non-hydrogen) atoms. The smallest absolute Gasteiger partial charge is 0.336 e. The molecule has 0 spiro atoms. The summed E-state index contributed by atoms with van der Waals surface area (Å²) in [5, 5.41) is 0. The Morgan fingerprint density at radius 1 is 1.27 bits per heavy atom. The molecule has 0 bridgehead atoms. The van der Waals surface area contributed by atoms with Crippen molar-refractivity contribution in [3.8, 4) is 0 Å². The lowest BCUT2D eigenvalue weighted by Crippen LogP contribution is -2.44. The number of carbonyl (C=O) groups excluding carboxylic acids is 2. The fraction of sp³-hybridized carbons (Fsp3) is 0.522. The van der Waals surface area contributed by atoms with Crippen molar-refractivity contribution in [2.24, 2.45) is 22.1 Å². The summed E-state index contributed by atoms with van der Waals surface area (Å²) in [6, 6.07) is 6.24. The Balaban J connectivity index is 2.20. The number of esters is 1. The second kappa shape index (κ2) is 9.18. The molecule has 1 aliphatic heterocycles. The highest BCUT2D eigenvalue weighted by molar-refractivity contribution is 6.12. The van der Waals surface area contributed by atoms with E-state index >= 15 is 0 Å². The first kappa shape index (κ1) is 22.3. The van der Waals surface area contributed by atoms with Gasteiger partial charge in [0.05, 0.1) is 37.0 Å². The number of aliphatic imine (C=N–C) groups is 1. The van der Waals surface area contributed by atoms with E-state index in [1.165, 1.54) is 6.07 Å². The molecule has 2 aliphatic rings. The normalized spacial score (nSPS) is 23.1. The summed E-state index contributed by atoms with van der Waals surface area (Å²) in [6.45, 7) is 6.54. The molecule has 1 aromatic rings.